The van der Waals surface area contributed by atoms with Crippen LogP contribution in [0, 0.1) is 35.5 Å². The van der Waals surface area contributed by atoms with Crippen LogP contribution in [0.3, 0.4) is 0 Å². The van der Waals surface area contributed by atoms with Crippen LogP contribution in [0.1, 0.15) is 16.8 Å². The second kappa shape index (κ2) is 6.61. The minimum absolute atomic E-state index is 0.140. The van der Waals surface area contributed by atoms with Gasteiger partial charge in [0.05, 0.1) is 23.1 Å². The molecule has 0 N–H and O–H groups in total. The molecule has 0 radical (unpaired) electrons. The molecule has 2 saturated carbocycles. The third-order valence-corrected chi connectivity index (χ3v) is 7.80. The van der Waals surface area contributed by atoms with Gasteiger partial charge in [0.1, 0.15) is 5.52 Å². The molecule has 6 atom stereocenters. The van der Waals surface area contributed by atoms with Gasteiger partial charge < -0.3 is 4.74 Å². The molecule has 33 heavy (non-hydrogen) atoms. The van der Waals surface area contributed by atoms with E-state index in [4.69, 9.17) is 4.74 Å². The highest BCUT2D eigenvalue weighted by molar-refractivity contribution is 6.23. The summed E-state index contributed by atoms with van der Waals surface area (Å²) in [5, 5.41) is 0.869. The Hall–Kier alpha value is -3.80. The number of fused-ring (bicyclic) bond motifs is 1. The molecular formula is C27H20N2O4. The molecule has 6 nitrogen and oxygen atoms in total. The molecular weight excluding hydrogens is 416 g/mol. The zero-order chi connectivity index (χ0) is 22.3. The third-order valence-electron chi connectivity index (χ3n) is 7.80. The first kappa shape index (κ1) is 18.7. The van der Waals surface area contributed by atoms with Crippen LogP contribution in [0.5, 0.6) is 5.75 Å². The summed E-state index contributed by atoms with van der Waals surface area (Å²) in [7, 11) is 0. The first-order valence-corrected chi connectivity index (χ1v) is 11.3. The summed E-state index contributed by atoms with van der Waals surface area (Å²) in [6, 6.07) is 15.7. The summed E-state index contributed by atoms with van der Waals surface area (Å²) >= 11 is 0. The van der Waals surface area contributed by atoms with Gasteiger partial charge in [0.2, 0.25) is 11.8 Å². The van der Waals surface area contributed by atoms with Gasteiger partial charge in [0.15, 0.2) is 5.75 Å². The number of allylic oxidation sites excluding steroid dienone is 2. The number of hydrogen-bond acceptors (Lipinski definition) is 5. The minimum Gasteiger partial charge on any atom is -0.421 e. The van der Waals surface area contributed by atoms with Gasteiger partial charge in [-0.1, -0.05) is 36.4 Å². The van der Waals surface area contributed by atoms with Crippen molar-refractivity contribution < 1.29 is 19.1 Å². The molecule has 0 unspecified atom stereocenters. The topological polar surface area (TPSA) is 76.6 Å². The van der Waals surface area contributed by atoms with Crippen LogP contribution in [0.2, 0.25) is 0 Å². The maximum absolute atomic E-state index is 13.4. The molecule has 1 aliphatic heterocycles. The molecule has 2 amide bonds. The highest BCUT2D eigenvalue weighted by atomic mass is 16.5. The van der Waals surface area contributed by atoms with Crippen molar-refractivity contribution in [2.75, 3.05) is 4.90 Å². The minimum atomic E-state index is -0.561. The van der Waals surface area contributed by atoms with E-state index in [9.17, 15) is 14.4 Å². The fourth-order valence-electron chi connectivity index (χ4n) is 6.30. The number of hydrogen-bond donors (Lipinski definition) is 0. The van der Waals surface area contributed by atoms with Gasteiger partial charge in [0.25, 0.3) is 0 Å². The lowest BCUT2D eigenvalue weighted by Gasteiger charge is -2.37. The lowest BCUT2D eigenvalue weighted by Crippen LogP contribution is -2.40. The van der Waals surface area contributed by atoms with Gasteiger partial charge in [-0.05, 0) is 60.4 Å². The van der Waals surface area contributed by atoms with E-state index in [-0.39, 0.29) is 41.0 Å². The quantitative estimate of drug-likeness (QED) is 0.268. The van der Waals surface area contributed by atoms with Crippen molar-refractivity contribution in [3.63, 3.8) is 0 Å². The summed E-state index contributed by atoms with van der Waals surface area (Å²) in [6.45, 7) is 0. The predicted molar refractivity (Wildman–Crippen MR) is 120 cm³/mol. The number of benzene rings is 2. The van der Waals surface area contributed by atoms with Crippen LogP contribution in [0.15, 0.2) is 72.9 Å². The van der Waals surface area contributed by atoms with E-state index < -0.39 is 5.97 Å². The molecule has 2 heterocycles. The van der Waals surface area contributed by atoms with Crippen LogP contribution >= 0.6 is 0 Å². The van der Waals surface area contributed by atoms with Gasteiger partial charge in [-0.15, -0.1) is 0 Å². The van der Waals surface area contributed by atoms with Crippen molar-refractivity contribution >= 4 is 34.4 Å². The summed E-state index contributed by atoms with van der Waals surface area (Å²) in [4.78, 5) is 45.3. The molecule has 4 aliphatic carbocycles. The molecule has 3 aromatic rings. The fourth-order valence-corrected chi connectivity index (χ4v) is 6.30. The number of amides is 2. The Balaban J connectivity index is 1.19. The standard InChI is InChI=1S/C27H20N2O4/c30-25-22-17-9-10-18(20-13-19(17)20)23(22)26(31)29(25)16-7-1-5-15(12-16)27(32)33-21-8-2-4-14-6-3-11-28-24(14)21/h1-12,17-20,22-23H,13H2/t17-,18+,19-,20-,22+,23+/m1/s1. The van der Waals surface area contributed by atoms with E-state index in [1.54, 1.807) is 42.6 Å². The van der Waals surface area contributed by atoms with Gasteiger partial charge in [-0.25, -0.2) is 9.69 Å². The number of pyridine rings is 1. The Labute approximate surface area is 189 Å². The Morgan fingerprint density at radius 2 is 1.61 bits per heavy atom. The fraction of sp³-hybridized carbons (Fsp3) is 0.259. The van der Waals surface area contributed by atoms with Crippen LogP contribution in [-0.2, 0) is 9.59 Å². The number of aromatic nitrogens is 1. The predicted octanol–water partition coefficient (Wildman–Crippen LogP) is 4.01. The van der Waals surface area contributed by atoms with Gasteiger partial charge in [-0.3, -0.25) is 14.6 Å². The second-order valence-electron chi connectivity index (χ2n) is 9.44. The SMILES string of the molecule is O=C(Oc1cccc2cccnc12)c1cccc(N2C(=O)[C@H]3[C@@H]4C=C[C@@H]([C@H]5C[C@H]45)[C@@H]3C2=O)c1. The normalized spacial score (nSPS) is 31.0. The number of nitrogens with zero attached hydrogens (tertiary/aromatic N) is 2. The largest absolute Gasteiger partial charge is 0.421 e. The van der Waals surface area contributed by atoms with Crippen molar-refractivity contribution in [1.82, 2.24) is 4.98 Å². The van der Waals surface area contributed by atoms with Gasteiger partial charge in [-0.2, -0.15) is 0 Å². The van der Waals surface area contributed by atoms with Crippen molar-refractivity contribution in [3.05, 3.63) is 78.5 Å². The molecule has 8 rings (SSSR count). The smallest absolute Gasteiger partial charge is 0.343 e. The summed E-state index contributed by atoms with van der Waals surface area (Å²) in [5.41, 5.74) is 1.30. The Morgan fingerprint density at radius 3 is 2.36 bits per heavy atom. The number of anilines is 1. The molecule has 2 bridgehead atoms. The van der Waals surface area contributed by atoms with Gasteiger partial charge >= 0.3 is 5.97 Å². The monoisotopic (exact) mass is 436 g/mol. The zero-order valence-corrected chi connectivity index (χ0v) is 17.6. The van der Waals surface area contributed by atoms with E-state index in [0.717, 1.165) is 11.8 Å². The highest BCUT2D eigenvalue weighted by Crippen LogP contribution is 2.65. The van der Waals surface area contributed by atoms with Crippen LogP contribution in [0.25, 0.3) is 10.9 Å². The number of imide groups is 1. The third kappa shape index (κ3) is 2.61. The summed E-state index contributed by atoms with van der Waals surface area (Å²) < 4.78 is 5.64. The number of esters is 1. The average Bonchev–Trinajstić information content (AvgIpc) is 3.62. The molecule has 5 aliphatic rings. The number of ether oxygens (including phenoxy) is 1. The van der Waals surface area contributed by atoms with E-state index in [1.807, 2.05) is 18.2 Å². The number of carbonyl (C=O) groups excluding carboxylic acids is 3. The highest BCUT2D eigenvalue weighted by Gasteiger charge is 2.67. The first-order chi connectivity index (χ1) is 16.1. The average molecular weight is 436 g/mol. The number of carbonyl (C=O) groups is 3. The molecule has 1 aromatic heterocycles. The first-order valence-electron chi connectivity index (χ1n) is 11.3. The van der Waals surface area contributed by atoms with Crippen LogP contribution < -0.4 is 9.64 Å². The molecule has 0 spiro atoms. The molecule has 1 saturated heterocycles. The van der Waals surface area contributed by atoms with Crippen molar-refractivity contribution in [2.45, 2.75) is 6.42 Å². The van der Waals surface area contributed by atoms with Crippen molar-refractivity contribution in [1.29, 1.82) is 0 Å². The molecule has 2 aromatic carbocycles. The van der Waals surface area contributed by atoms with E-state index in [1.165, 1.54) is 4.90 Å². The van der Waals surface area contributed by atoms with Crippen molar-refractivity contribution in [2.24, 2.45) is 35.5 Å². The maximum atomic E-state index is 13.4. The van der Waals surface area contributed by atoms with Crippen LogP contribution in [0.4, 0.5) is 5.69 Å². The molecule has 162 valence electrons. The Bertz CT molecular complexity index is 1350. The molecule has 3 fully saturated rings. The lowest BCUT2D eigenvalue weighted by molar-refractivity contribution is -0.124. The Kier molecular flexibility index (Phi) is 3.75. The number of rotatable bonds is 3. The second-order valence-corrected chi connectivity index (χ2v) is 9.44. The van der Waals surface area contributed by atoms with E-state index >= 15 is 0 Å². The van der Waals surface area contributed by atoms with E-state index in [2.05, 4.69) is 17.1 Å². The van der Waals surface area contributed by atoms with E-state index in [0.29, 0.717) is 28.8 Å². The summed E-state index contributed by atoms with van der Waals surface area (Å²) in [5.74, 6) is 0.414. The van der Waals surface area contributed by atoms with Crippen molar-refractivity contribution in [3.8, 4) is 5.75 Å². The van der Waals surface area contributed by atoms with Gasteiger partial charge in [0, 0.05) is 11.6 Å². The molecule has 6 heteroatoms. The zero-order valence-electron chi connectivity index (χ0n) is 17.6. The summed E-state index contributed by atoms with van der Waals surface area (Å²) in [6.07, 6.45) is 7.08. The number of para-hydroxylation sites is 1. The lowest BCUT2D eigenvalue weighted by atomic mass is 9.63. The maximum Gasteiger partial charge on any atom is 0.343 e. The Morgan fingerprint density at radius 1 is 0.909 bits per heavy atom. The van der Waals surface area contributed by atoms with Crippen LogP contribution in [-0.4, -0.2) is 22.8 Å².